The molecule has 0 spiro atoms. The van der Waals surface area contributed by atoms with E-state index in [2.05, 4.69) is 33.8 Å². The molecule has 0 aliphatic heterocycles. The van der Waals surface area contributed by atoms with Gasteiger partial charge in [-0.05, 0) is 49.7 Å². The zero-order valence-corrected chi connectivity index (χ0v) is 12.4. The van der Waals surface area contributed by atoms with Crippen molar-refractivity contribution in [2.45, 2.75) is 52.1 Å². The molecule has 108 valence electrons. The van der Waals surface area contributed by atoms with Gasteiger partial charge in [-0.15, -0.1) is 10.2 Å². The van der Waals surface area contributed by atoms with E-state index < -0.39 is 0 Å². The molecule has 4 heteroatoms. The molecule has 0 bridgehead atoms. The SMILES string of the molecule is CC(C)C1CCC(NCc2nnc3ccccn23)CC1. The van der Waals surface area contributed by atoms with Crippen molar-refractivity contribution >= 4 is 5.65 Å². The lowest BCUT2D eigenvalue weighted by Crippen LogP contribution is -2.34. The summed E-state index contributed by atoms with van der Waals surface area (Å²) >= 11 is 0. The van der Waals surface area contributed by atoms with Crippen molar-refractivity contribution in [2.24, 2.45) is 11.8 Å². The van der Waals surface area contributed by atoms with Crippen LogP contribution < -0.4 is 5.32 Å². The Kier molecular flexibility index (Phi) is 4.01. The highest BCUT2D eigenvalue weighted by Gasteiger charge is 2.23. The Hall–Kier alpha value is -1.42. The molecule has 1 aliphatic rings. The highest BCUT2D eigenvalue weighted by molar-refractivity contribution is 5.36. The van der Waals surface area contributed by atoms with Gasteiger partial charge in [-0.3, -0.25) is 4.40 Å². The molecule has 3 rings (SSSR count). The molecule has 0 atom stereocenters. The number of fused-ring (bicyclic) bond motifs is 1. The van der Waals surface area contributed by atoms with Crippen LogP contribution in [0.25, 0.3) is 5.65 Å². The summed E-state index contributed by atoms with van der Waals surface area (Å²) in [7, 11) is 0. The topological polar surface area (TPSA) is 42.2 Å². The van der Waals surface area contributed by atoms with Gasteiger partial charge < -0.3 is 5.32 Å². The second-order valence-corrected chi connectivity index (χ2v) is 6.28. The summed E-state index contributed by atoms with van der Waals surface area (Å²) in [5, 5.41) is 12.1. The van der Waals surface area contributed by atoms with Gasteiger partial charge in [-0.2, -0.15) is 0 Å². The number of rotatable bonds is 4. The lowest BCUT2D eigenvalue weighted by Gasteiger charge is -2.31. The average molecular weight is 272 g/mol. The van der Waals surface area contributed by atoms with Gasteiger partial charge >= 0.3 is 0 Å². The number of nitrogens with zero attached hydrogens (tertiary/aromatic N) is 3. The smallest absolute Gasteiger partial charge is 0.160 e. The van der Waals surface area contributed by atoms with E-state index in [1.165, 1.54) is 25.7 Å². The molecule has 1 N–H and O–H groups in total. The molecule has 2 aromatic heterocycles. The molecule has 1 saturated carbocycles. The second kappa shape index (κ2) is 5.92. The van der Waals surface area contributed by atoms with Gasteiger partial charge in [-0.1, -0.05) is 19.9 Å². The van der Waals surface area contributed by atoms with Gasteiger partial charge in [0.05, 0.1) is 6.54 Å². The van der Waals surface area contributed by atoms with Crippen LogP contribution in [0.3, 0.4) is 0 Å². The van der Waals surface area contributed by atoms with Crippen molar-refractivity contribution in [3.05, 3.63) is 30.2 Å². The Morgan fingerprint density at radius 1 is 1.20 bits per heavy atom. The quantitative estimate of drug-likeness (QED) is 0.930. The summed E-state index contributed by atoms with van der Waals surface area (Å²) in [6.45, 7) is 5.50. The standard InChI is InChI=1S/C16H24N4/c1-12(2)13-6-8-14(9-7-13)17-11-16-19-18-15-5-3-4-10-20(15)16/h3-5,10,12-14,17H,6-9,11H2,1-2H3. The summed E-state index contributed by atoms with van der Waals surface area (Å²) < 4.78 is 2.06. The fraction of sp³-hybridized carbons (Fsp3) is 0.625. The van der Waals surface area contributed by atoms with Gasteiger partial charge in [0, 0.05) is 12.2 Å². The first-order valence-corrected chi connectivity index (χ1v) is 7.76. The minimum absolute atomic E-state index is 0.640. The van der Waals surface area contributed by atoms with E-state index in [1.807, 2.05) is 24.4 Å². The number of pyridine rings is 1. The zero-order valence-electron chi connectivity index (χ0n) is 12.4. The third-order valence-electron chi connectivity index (χ3n) is 4.65. The highest BCUT2D eigenvalue weighted by atomic mass is 15.3. The van der Waals surface area contributed by atoms with Crippen LogP contribution in [0.2, 0.25) is 0 Å². The lowest BCUT2D eigenvalue weighted by molar-refractivity contribution is 0.237. The second-order valence-electron chi connectivity index (χ2n) is 6.28. The van der Waals surface area contributed by atoms with Crippen LogP contribution in [0.5, 0.6) is 0 Å². The van der Waals surface area contributed by atoms with E-state index in [4.69, 9.17) is 0 Å². The summed E-state index contributed by atoms with van der Waals surface area (Å²) in [5.74, 6) is 2.75. The molecule has 1 aliphatic carbocycles. The Morgan fingerprint density at radius 3 is 2.75 bits per heavy atom. The molecule has 0 amide bonds. The van der Waals surface area contributed by atoms with Crippen molar-refractivity contribution in [1.82, 2.24) is 19.9 Å². The van der Waals surface area contributed by atoms with E-state index >= 15 is 0 Å². The van der Waals surface area contributed by atoms with Crippen LogP contribution >= 0.6 is 0 Å². The Labute approximate surface area is 120 Å². The summed E-state index contributed by atoms with van der Waals surface area (Å²) in [5.41, 5.74) is 0.924. The highest BCUT2D eigenvalue weighted by Crippen LogP contribution is 2.29. The molecule has 0 saturated heterocycles. The van der Waals surface area contributed by atoms with Gasteiger partial charge in [0.2, 0.25) is 0 Å². The maximum Gasteiger partial charge on any atom is 0.160 e. The zero-order chi connectivity index (χ0) is 13.9. The minimum atomic E-state index is 0.640. The first kappa shape index (κ1) is 13.6. The fourth-order valence-corrected chi connectivity index (χ4v) is 3.24. The maximum atomic E-state index is 4.27. The van der Waals surface area contributed by atoms with E-state index in [9.17, 15) is 0 Å². The van der Waals surface area contributed by atoms with Crippen LogP contribution in [0.1, 0.15) is 45.4 Å². The van der Waals surface area contributed by atoms with E-state index in [0.717, 1.165) is 29.9 Å². The lowest BCUT2D eigenvalue weighted by atomic mass is 9.80. The van der Waals surface area contributed by atoms with Crippen molar-refractivity contribution < 1.29 is 0 Å². The summed E-state index contributed by atoms with van der Waals surface area (Å²) in [4.78, 5) is 0. The monoisotopic (exact) mass is 272 g/mol. The third-order valence-corrected chi connectivity index (χ3v) is 4.65. The van der Waals surface area contributed by atoms with Crippen molar-refractivity contribution in [3.8, 4) is 0 Å². The predicted octanol–water partition coefficient (Wildman–Crippen LogP) is 3.03. The Morgan fingerprint density at radius 2 is 2.00 bits per heavy atom. The summed E-state index contributed by atoms with van der Waals surface area (Å²) in [6.07, 6.45) is 7.33. The van der Waals surface area contributed by atoms with E-state index in [0.29, 0.717) is 6.04 Å². The molecular weight excluding hydrogens is 248 g/mol. The van der Waals surface area contributed by atoms with Crippen molar-refractivity contribution in [2.75, 3.05) is 0 Å². The average Bonchev–Trinajstić information content (AvgIpc) is 2.89. The number of nitrogens with one attached hydrogen (secondary N) is 1. The van der Waals surface area contributed by atoms with Crippen molar-refractivity contribution in [1.29, 1.82) is 0 Å². The number of hydrogen-bond acceptors (Lipinski definition) is 3. The first-order valence-electron chi connectivity index (χ1n) is 7.76. The van der Waals surface area contributed by atoms with Gasteiger partial charge in [0.15, 0.2) is 11.5 Å². The first-order chi connectivity index (χ1) is 9.74. The molecule has 0 radical (unpaired) electrons. The van der Waals surface area contributed by atoms with E-state index in [1.54, 1.807) is 0 Å². The van der Waals surface area contributed by atoms with E-state index in [-0.39, 0.29) is 0 Å². The molecule has 0 unspecified atom stereocenters. The van der Waals surface area contributed by atoms with Gasteiger partial charge in [0.1, 0.15) is 0 Å². The Bertz CT molecular complexity index is 552. The normalized spacial score (nSPS) is 23.6. The minimum Gasteiger partial charge on any atom is -0.307 e. The molecule has 1 fully saturated rings. The third kappa shape index (κ3) is 2.85. The van der Waals surface area contributed by atoms with Crippen LogP contribution in [0.4, 0.5) is 0 Å². The molecule has 4 nitrogen and oxygen atoms in total. The largest absolute Gasteiger partial charge is 0.307 e. The Balaban J connectivity index is 1.55. The van der Waals surface area contributed by atoms with Crippen LogP contribution in [-0.2, 0) is 6.54 Å². The predicted molar refractivity (Wildman–Crippen MR) is 80.4 cm³/mol. The molecule has 2 aromatic rings. The van der Waals surface area contributed by atoms with Crippen molar-refractivity contribution in [3.63, 3.8) is 0 Å². The van der Waals surface area contributed by atoms with Crippen LogP contribution in [-0.4, -0.2) is 20.6 Å². The number of hydrogen-bond donors (Lipinski definition) is 1. The maximum absolute atomic E-state index is 4.27. The summed E-state index contributed by atoms with van der Waals surface area (Å²) in [6, 6.07) is 6.65. The molecular formula is C16H24N4. The molecule has 0 aromatic carbocycles. The number of aromatic nitrogens is 3. The fourth-order valence-electron chi connectivity index (χ4n) is 3.24. The molecule has 2 heterocycles. The van der Waals surface area contributed by atoms with Gasteiger partial charge in [0.25, 0.3) is 0 Å². The van der Waals surface area contributed by atoms with Crippen LogP contribution in [0, 0.1) is 11.8 Å². The van der Waals surface area contributed by atoms with Crippen LogP contribution in [0.15, 0.2) is 24.4 Å². The van der Waals surface area contributed by atoms with Gasteiger partial charge in [-0.25, -0.2) is 0 Å². The molecule has 20 heavy (non-hydrogen) atoms.